The van der Waals surface area contributed by atoms with Crippen LogP contribution in [0, 0.1) is 6.92 Å². The third-order valence-electron chi connectivity index (χ3n) is 2.82. The lowest BCUT2D eigenvalue weighted by Crippen LogP contribution is -2.16. The van der Waals surface area contributed by atoms with Gasteiger partial charge in [-0.1, -0.05) is 25.5 Å². The van der Waals surface area contributed by atoms with Crippen LogP contribution < -0.4 is 5.32 Å². The first-order valence-corrected chi connectivity index (χ1v) is 6.20. The van der Waals surface area contributed by atoms with Gasteiger partial charge < -0.3 is 5.32 Å². The van der Waals surface area contributed by atoms with Gasteiger partial charge in [0.1, 0.15) is 11.6 Å². The van der Waals surface area contributed by atoms with Crippen LogP contribution in [0.25, 0.3) is 10.9 Å². The quantitative estimate of drug-likeness (QED) is 0.871. The highest BCUT2D eigenvalue weighted by Gasteiger charge is 2.07. The average Bonchev–Trinajstić information content (AvgIpc) is 2.29. The highest BCUT2D eigenvalue weighted by Crippen LogP contribution is 2.21. The zero-order valence-corrected chi connectivity index (χ0v) is 10.7. The number of anilines is 1. The van der Waals surface area contributed by atoms with Crippen LogP contribution in [0.15, 0.2) is 24.3 Å². The number of nitrogens with one attached hydrogen (secondary N) is 1. The molecule has 17 heavy (non-hydrogen) atoms. The van der Waals surface area contributed by atoms with Crippen LogP contribution in [-0.2, 0) is 0 Å². The Bertz CT molecular complexity index is 508. The van der Waals surface area contributed by atoms with E-state index < -0.39 is 0 Å². The third-order valence-corrected chi connectivity index (χ3v) is 2.82. The van der Waals surface area contributed by atoms with Crippen LogP contribution in [-0.4, -0.2) is 16.0 Å². The van der Waals surface area contributed by atoms with Gasteiger partial charge in [0.15, 0.2) is 0 Å². The minimum absolute atomic E-state index is 0.442. The molecule has 0 amide bonds. The second-order valence-electron chi connectivity index (χ2n) is 4.47. The number of rotatable bonds is 4. The summed E-state index contributed by atoms with van der Waals surface area (Å²) in [5.41, 5.74) is 1.01. The number of hydrogen-bond donors (Lipinski definition) is 1. The second kappa shape index (κ2) is 5.13. The first-order chi connectivity index (χ1) is 8.20. The van der Waals surface area contributed by atoms with Gasteiger partial charge in [0, 0.05) is 11.4 Å². The van der Waals surface area contributed by atoms with Crippen LogP contribution in [0.1, 0.15) is 32.5 Å². The van der Waals surface area contributed by atoms with Crippen molar-refractivity contribution in [1.29, 1.82) is 0 Å². The first-order valence-electron chi connectivity index (χ1n) is 6.20. The van der Waals surface area contributed by atoms with E-state index in [0.29, 0.717) is 6.04 Å². The van der Waals surface area contributed by atoms with Crippen molar-refractivity contribution in [2.45, 2.75) is 39.7 Å². The Morgan fingerprint density at radius 1 is 1.24 bits per heavy atom. The molecule has 2 aromatic rings. The van der Waals surface area contributed by atoms with E-state index in [9.17, 15) is 0 Å². The second-order valence-corrected chi connectivity index (χ2v) is 4.47. The molecule has 1 aromatic heterocycles. The molecule has 0 spiro atoms. The molecule has 0 radical (unpaired) electrons. The van der Waals surface area contributed by atoms with Gasteiger partial charge in [-0.15, -0.1) is 0 Å². The maximum atomic E-state index is 4.50. The molecule has 0 aliphatic carbocycles. The largest absolute Gasteiger partial charge is 0.367 e. The topological polar surface area (TPSA) is 37.8 Å². The van der Waals surface area contributed by atoms with Gasteiger partial charge in [-0.2, -0.15) is 0 Å². The Labute approximate surface area is 102 Å². The highest BCUT2D eigenvalue weighted by molar-refractivity contribution is 5.89. The van der Waals surface area contributed by atoms with Gasteiger partial charge >= 0.3 is 0 Å². The molecular weight excluding hydrogens is 210 g/mol. The Morgan fingerprint density at radius 3 is 2.76 bits per heavy atom. The van der Waals surface area contributed by atoms with Crippen molar-refractivity contribution < 1.29 is 0 Å². The van der Waals surface area contributed by atoms with Crippen molar-refractivity contribution in [2.75, 3.05) is 5.32 Å². The lowest BCUT2D eigenvalue weighted by Gasteiger charge is -2.15. The SMILES string of the molecule is CCCC(C)Nc1nc(C)nc2ccccc12. The van der Waals surface area contributed by atoms with Gasteiger partial charge in [0.05, 0.1) is 5.52 Å². The summed E-state index contributed by atoms with van der Waals surface area (Å²) < 4.78 is 0. The summed E-state index contributed by atoms with van der Waals surface area (Å²) in [5.74, 6) is 1.77. The van der Waals surface area contributed by atoms with E-state index in [2.05, 4.69) is 35.2 Å². The standard InChI is InChI=1S/C14H19N3/c1-4-7-10(2)15-14-12-8-5-6-9-13(12)16-11(3)17-14/h5-6,8-10H,4,7H2,1-3H3,(H,15,16,17). The number of fused-ring (bicyclic) bond motifs is 1. The highest BCUT2D eigenvalue weighted by atomic mass is 15.0. The van der Waals surface area contributed by atoms with Gasteiger partial charge in [-0.05, 0) is 32.4 Å². The molecule has 1 N–H and O–H groups in total. The van der Waals surface area contributed by atoms with Gasteiger partial charge in [-0.25, -0.2) is 9.97 Å². The number of aromatic nitrogens is 2. The summed E-state index contributed by atoms with van der Waals surface area (Å²) in [6, 6.07) is 8.57. The van der Waals surface area contributed by atoms with Crippen molar-refractivity contribution in [3.8, 4) is 0 Å². The summed E-state index contributed by atoms with van der Waals surface area (Å²) in [4.78, 5) is 8.94. The Kier molecular flexibility index (Phi) is 3.57. The van der Waals surface area contributed by atoms with Crippen molar-refractivity contribution in [1.82, 2.24) is 9.97 Å². The molecule has 0 saturated carbocycles. The maximum absolute atomic E-state index is 4.50. The van der Waals surface area contributed by atoms with Gasteiger partial charge in [0.2, 0.25) is 0 Å². The van der Waals surface area contributed by atoms with E-state index in [1.54, 1.807) is 0 Å². The first kappa shape index (κ1) is 11.8. The average molecular weight is 229 g/mol. The van der Waals surface area contributed by atoms with E-state index in [4.69, 9.17) is 0 Å². The summed E-state index contributed by atoms with van der Waals surface area (Å²) in [7, 11) is 0. The smallest absolute Gasteiger partial charge is 0.137 e. The molecule has 0 fully saturated rings. The molecule has 1 heterocycles. The number of aryl methyl sites for hydroxylation is 1. The van der Waals surface area contributed by atoms with Gasteiger partial charge in [-0.3, -0.25) is 0 Å². The maximum Gasteiger partial charge on any atom is 0.137 e. The predicted octanol–water partition coefficient (Wildman–Crippen LogP) is 3.54. The van der Waals surface area contributed by atoms with Crippen molar-refractivity contribution in [3.63, 3.8) is 0 Å². The fourth-order valence-corrected chi connectivity index (χ4v) is 2.04. The molecule has 0 aliphatic rings. The zero-order valence-electron chi connectivity index (χ0n) is 10.7. The molecule has 0 aliphatic heterocycles. The lowest BCUT2D eigenvalue weighted by molar-refractivity contribution is 0.688. The summed E-state index contributed by atoms with van der Waals surface area (Å²) >= 11 is 0. The van der Waals surface area contributed by atoms with Crippen molar-refractivity contribution in [3.05, 3.63) is 30.1 Å². The normalized spacial score (nSPS) is 12.6. The Balaban J connectivity index is 2.38. The van der Waals surface area contributed by atoms with E-state index in [1.807, 2.05) is 25.1 Å². The zero-order chi connectivity index (χ0) is 12.3. The van der Waals surface area contributed by atoms with Gasteiger partial charge in [0.25, 0.3) is 0 Å². The summed E-state index contributed by atoms with van der Waals surface area (Å²) in [6.45, 7) is 6.32. The van der Waals surface area contributed by atoms with Crippen molar-refractivity contribution in [2.24, 2.45) is 0 Å². The molecule has 1 unspecified atom stereocenters. The number of benzene rings is 1. The van der Waals surface area contributed by atoms with E-state index >= 15 is 0 Å². The monoisotopic (exact) mass is 229 g/mol. The van der Waals surface area contributed by atoms with E-state index in [0.717, 1.165) is 29.0 Å². The number of nitrogens with zero attached hydrogens (tertiary/aromatic N) is 2. The number of para-hydroxylation sites is 1. The molecule has 0 saturated heterocycles. The third kappa shape index (κ3) is 2.73. The van der Waals surface area contributed by atoms with Crippen LogP contribution in [0.5, 0.6) is 0 Å². The van der Waals surface area contributed by atoms with E-state index in [1.165, 1.54) is 6.42 Å². The predicted molar refractivity (Wildman–Crippen MR) is 72.3 cm³/mol. The van der Waals surface area contributed by atoms with E-state index in [-0.39, 0.29) is 0 Å². The Hall–Kier alpha value is -1.64. The molecule has 1 atom stereocenters. The molecule has 3 nitrogen and oxygen atoms in total. The minimum atomic E-state index is 0.442. The molecule has 1 aromatic carbocycles. The lowest BCUT2D eigenvalue weighted by atomic mass is 10.2. The van der Waals surface area contributed by atoms with Crippen LogP contribution in [0.2, 0.25) is 0 Å². The fraction of sp³-hybridized carbons (Fsp3) is 0.429. The molecule has 0 bridgehead atoms. The minimum Gasteiger partial charge on any atom is -0.367 e. The molecule has 2 rings (SSSR count). The molecular formula is C14H19N3. The fourth-order valence-electron chi connectivity index (χ4n) is 2.04. The summed E-state index contributed by atoms with van der Waals surface area (Å²) in [5, 5.41) is 4.57. The number of hydrogen-bond acceptors (Lipinski definition) is 3. The molecule has 90 valence electrons. The van der Waals surface area contributed by atoms with Crippen molar-refractivity contribution >= 4 is 16.7 Å². The van der Waals surface area contributed by atoms with Crippen LogP contribution in [0.4, 0.5) is 5.82 Å². The Morgan fingerprint density at radius 2 is 2.00 bits per heavy atom. The summed E-state index contributed by atoms with van der Waals surface area (Å²) in [6.07, 6.45) is 2.33. The van der Waals surface area contributed by atoms with Crippen LogP contribution >= 0.6 is 0 Å². The molecule has 3 heteroatoms. The van der Waals surface area contributed by atoms with Crippen LogP contribution in [0.3, 0.4) is 0 Å².